The molecule has 0 spiro atoms. The maximum atomic E-state index is 5.83. The van der Waals surface area contributed by atoms with Crippen LogP contribution in [-0.2, 0) is 6.42 Å². The molecule has 3 heteroatoms. The molecule has 1 aromatic rings. The van der Waals surface area contributed by atoms with Crippen molar-refractivity contribution < 1.29 is 4.42 Å². The maximum absolute atomic E-state index is 5.83. The van der Waals surface area contributed by atoms with Gasteiger partial charge in [0.2, 0.25) is 0 Å². The predicted molar refractivity (Wildman–Crippen MR) is 62.3 cm³/mol. The van der Waals surface area contributed by atoms with Crippen molar-refractivity contribution >= 4 is 0 Å². The fraction of sp³-hybridized carbons (Fsp3) is 0.769. The van der Waals surface area contributed by atoms with E-state index in [1.54, 1.807) is 0 Å². The quantitative estimate of drug-likeness (QED) is 0.774. The first-order valence-corrected chi connectivity index (χ1v) is 6.52. The molecule has 0 aliphatic heterocycles. The molecule has 3 nitrogen and oxygen atoms in total. The van der Waals surface area contributed by atoms with Crippen LogP contribution in [0.1, 0.15) is 43.8 Å². The van der Waals surface area contributed by atoms with E-state index in [0.29, 0.717) is 5.92 Å². The van der Waals surface area contributed by atoms with Crippen LogP contribution in [0.15, 0.2) is 10.6 Å². The van der Waals surface area contributed by atoms with Crippen LogP contribution in [0.5, 0.6) is 0 Å². The van der Waals surface area contributed by atoms with Crippen molar-refractivity contribution in [1.29, 1.82) is 0 Å². The van der Waals surface area contributed by atoms with Crippen LogP contribution in [0, 0.1) is 11.8 Å². The normalized spacial score (nSPS) is 31.7. The third-order valence-corrected chi connectivity index (χ3v) is 3.98. The lowest BCUT2D eigenvalue weighted by Gasteiger charge is -2.06. The summed E-state index contributed by atoms with van der Waals surface area (Å²) in [5.41, 5.74) is 0. The van der Waals surface area contributed by atoms with Gasteiger partial charge < -0.3 is 9.73 Å². The average Bonchev–Trinajstić information content (AvgIpc) is 2.76. The van der Waals surface area contributed by atoms with Gasteiger partial charge in [-0.3, -0.25) is 0 Å². The van der Waals surface area contributed by atoms with Crippen molar-refractivity contribution in [3.05, 3.63) is 17.8 Å². The third kappa shape index (κ3) is 2.01. The number of nitrogens with zero attached hydrogens (tertiary/aromatic N) is 1. The summed E-state index contributed by atoms with van der Waals surface area (Å²) in [6.07, 6.45) is 7.01. The molecule has 16 heavy (non-hydrogen) atoms. The van der Waals surface area contributed by atoms with Crippen LogP contribution in [-0.4, -0.2) is 18.1 Å². The Hall–Kier alpha value is -0.830. The van der Waals surface area contributed by atoms with E-state index in [9.17, 15) is 0 Å². The number of nitrogens with one attached hydrogen (secondary N) is 1. The Morgan fingerprint density at radius 2 is 2.19 bits per heavy atom. The Morgan fingerprint density at radius 3 is 2.94 bits per heavy atom. The van der Waals surface area contributed by atoms with Crippen molar-refractivity contribution in [2.24, 2.45) is 11.8 Å². The van der Waals surface area contributed by atoms with Crippen molar-refractivity contribution in [3.8, 4) is 0 Å². The molecule has 2 aliphatic carbocycles. The number of likely N-dealkylation sites (N-methyl/N-ethyl adjacent to an activating group) is 1. The zero-order valence-corrected chi connectivity index (χ0v) is 9.91. The molecule has 2 saturated carbocycles. The van der Waals surface area contributed by atoms with Crippen LogP contribution >= 0.6 is 0 Å². The van der Waals surface area contributed by atoms with E-state index in [2.05, 4.69) is 17.2 Å². The van der Waals surface area contributed by atoms with Gasteiger partial charge in [-0.2, -0.15) is 0 Å². The minimum atomic E-state index is 0.670. The standard InChI is InChI=1S/C13H20N2O/c1-2-14-4-3-13-15-8-12(16-13)11-6-9-5-10(9)7-11/h8-11,14H,2-7H2,1H3. The summed E-state index contributed by atoms with van der Waals surface area (Å²) in [4.78, 5) is 4.37. The molecule has 1 N–H and O–H groups in total. The van der Waals surface area contributed by atoms with Crippen LogP contribution in [0.2, 0.25) is 0 Å². The van der Waals surface area contributed by atoms with Gasteiger partial charge in [0.05, 0.1) is 6.20 Å². The first kappa shape index (κ1) is 10.3. The Morgan fingerprint density at radius 1 is 1.38 bits per heavy atom. The first-order chi connectivity index (χ1) is 7.86. The molecule has 0 bridgehead atoms. The lowest BCUT2D eigenvalue weighted by Crippen LogP contribution is -2.16. The summed E-state index contributed by atoms with van der Waals surface area (Å²) >= 11 is 0. The monoisotopic (exact) mass is 220 g/mol. The summed E-state index contributed by atoms with van der Waals surface area (Å²) in [7, 11) is 0. The van der Waals surface area contributed by atoms with Crippen molar-refractivity contribution in [2.45, 2.75) is 38.5 Å². The molecule has 1 heterocycles. The molecule has 2 unspecified atom stereocenters. The SMILES string of the molecule is CCNCCc1ncc(C2CC3CC3C2)o1. The Balaban J connectivity index is 1.55. The smallest absolute Gasteiger partial charge is 0.195 e. The van der Waals surface area contributed by atoms with Crippen molar-refractivity contribution in [2.75, 3.05) is 13.1 Å². The largest absolute Gasteiger partial charge is 0.445 e. The molecule has 0 amide bonds. The van der Waals surface area contributed by atoms with Crippen LogP contribution in [0.25, 0.3) is 0 Å². The number of rotatable bonds is 5. The second-order valence-corrected chi connectivity index (χ2v) is 5.18. The molecule has 3 rings (SSSR count). The van der Waals surface area contributed by atoms with Gasteiger partial charge in [0.15, 0.2) is 5.89 Å². The van der Waals surface area contributed by atoms with E-state index < -0.39 is 0 Å². The molecule has 2 fully saturated rings. The van der Waals surface area contributed by atoms with Gasteiger partial charge in [-0.25, -0.2) is 4.98 Å². The summed E-state index contributed by atoms with van der Waals surface area (Å²) in [5, 5.41) is 3.29. The lowest BCUT2D eigenvalue weighted by molar-refractivity contribution is 0.409. The number of hydrogen-bond acceptors (Lipinski definition) is 3. The van der Waals surface area contributed by atoms with Gasteiger partial charge in [-0.05, 0) is 37.6 Å². The minimum absolute atomic E-state index is 0.670. The van der Waals surface area contributed by atoms with Crippen LogP contribution in [0.3, 0.4) is 0 Å². The Bertz CT molecular complexity index is 351. The van der Waals surface area contributed by atoms with E-state index in [1.807, 2.05) is 6.20 Å². The third-order valence-electron chi connectivity index (χ3n) is 3.98. The molecular weight excluding hydrogens is 200 g/mol. The highest BCUT2D eigenvalue weighted by Gasteiger charge is 2.47. The molecule has 0 saturated heterocycles. The van der Waals surface area contributed by atoms with Crippen molar-refractivity contribution in [3.63, 3.8) is 0 Å². The lowest BCUT2D eigenvalue weighted by atomic mass is 10.0. The fourth-order valence-corrected chi connectivity index (χ4v) is 2.95. The summed E-state index contributed by atoms with van der Waals surface area (Å²) < 4.78 is 5.83. The highest BCUT2D eigenvalue weighted by atomic mass is 16.4. The number of aromatic nitrogens is 1. The average molecular weight is 220 g/mol. The van der Waals surface area contributed by atoms with Crippen LogP contribution in [0.4, 0.5) is 0 Å². The van der Waals surface area contributed by atoms with Gasteiger partial charge >= 0.3 is 0 Å². The van der Waals surface area contributed by atoms with E-state index >= 15 is 0 Å². The highest BCUT2D eigenvalue weighted by Crippen LogP contribution is 2.57. The van der Waals surface area contributed by atoms with E-state index in [4.69, 9.17) is 4.42 Å². The summed E-state index contributed by atoms with van der Waals surface area (Å²) in [6, 6.07) is 0. The number of hydrogen-bond donors (Lipinski definition) is 1. The topological polar surface area (TPSA) is 38.1 Å². The van der Waals surface area contributed by atoms with Crippen LogP contribution < -0.4 is 5.32 Å². The maximum Gasteiger partial charge on any atom is 0.195 e. The highest BCUT2D eigenvalue weighted by molar-refractivity contribution is 5.11. The zero-order valence-electron chi connectivity index (χ0n) is 9.91. The molecule has 1 aromatic heterocycles. The van der Waals surface area contributed by atoms with Gasteiger partial charge in [0, 0.05) is 18.9 Å². The van der Waals surface area contributed by atoms with Gasteiger partial charge in [0.1, 0.15) is 5.76 Å². The molecule has 2 atom stereocenters. The van der Waals surface area contributed by atoms with E-state index in [1.165, 1.54) is 19.3 Å². The second kappa shape index (κ2) is 4.21. The second-order valence-electron chi connectivity index (χ2n) is 5.18. The molecule has 2 aliphatic rings. The molecular formula is C13H20N2O. The predicted octanol–water partition coefficient (Wildman–Crippen LogP) is 2.34. The molecule has 88 valence electrons. The zero-order chi connectivity index (χ0) is 11.0. The van der Waals surface area contributed by atoms with Gasteiger partial charge in [0.25, 0.3) is 0 Å². The van der Waals surface area contributed by atoms with Gasteiger partial charge in [-0.15, -0.1) is 0 Å². The Kier molecular flexibility index (Phi) is 2.72. The van der Waals surface area contributed by atoms with E-state index in [-0.39, 0.29) is 0 Å². The van der Waals surface area contributed by atoms with E-state index in [0.717, 1.165) is 43.0 Å². The summed E-state index contributed by atoms with van der Waals surface area (Å²) in [5.74, 6) is 4.74. The number of oxazole rings is 1. The summed E-state index contributed by atoms with van der Waals surface area (Å²) in [6.45, 7) is 4.09. The number of fused-ring (bicyclic) bond motifs is 1. The first-order valence-electron chi connectivity index (χ1n) is 6.52. The fourth-order valence-electron chi connectivity index (χ4n) is 2.95. The molecule has 0 radical (unpaired) electrons. The van der Waals surface area contributed by atoms with Gasteiger partial charge in [-0.1, -0.05) is 6.92 Å². The minimum Gasteiger partial charge on any atom is -0.445 e. The van der Waals surface area contributed by atoms with Crippen molar-refractivity contribution in [1.82, 2.24) is 10.3 Å². The molecule has 0 aromatic carbocycles. The Labute approximate surface area is 96.6 Å².